The molecule has 0 unspecified atom stereocenters. The standard InChI is InChI=1S/C18H22ClNO2/c19-12-4-2-1-3-5-15-6-8-16(9-7-15)18(22)20-13-10-17(21)11-14-20/h6-9,17,21H,1-2,4,10-14H2. The minimum atomic E-state index is -0.263. The van der Waals surface area contributed by atoms with Crippen LogP contribution >= 0.6 is 11.6 Å². The Morgan fingerprint density at radius 3 is 2.55 bits per heavy atom. The predicted octanol–water partition coefficient (Wildman–Crippen LogP) is 3.04. The van der Waals surface area contributed by atoms with E-state index in [1.54, 1.807) is 4.90 Å². The average Bonchev–Trinajstić information content (AvgIpc) is 2.55. The third-order valence-electron chi connectivity index (χ3n) is 3.80. The van der Waals surface area contributed by atoms with Crippen LogP contribution < -0.4 is 0 Å². The third kappa shape index (κ3) is 5.05. The quantitative estimate of drug-likeness (QED) is 0.526. The molecule has 1 saturated heterocycles. The van der Waals surface area contributed by atoms with E-state index in [-0.39, 0.29) is 12.0 Å². The number of halogens is 1. The molecule has 0 radical (unpaired) electrons. The summed E-state index contributed by atoms with van der Waals surface area (Å²) in [6, 6.07) is 7.44. The zero-order valence-electron chi connectivity index (χ0n) is 12.7. The summed E-state index contributed by atoms with van der Waals surface area (Å²) in [5, 5.41) is 9.49. The van der Waals surface area contributed by atoms with Gasteiger partial charge < -0.3 is 10.0 Å². The number of carbonyl (C=O) groups is 1. The zero-order chi connectivity index (χ0) is 15.8. The first-order chi connectivity index (χ1) is 10.7. The fourth-order valence-corrected chi connectivity index (χ4v) is 2.61. The summed E-state index contributed by atoms with van der Waals surface area (Å²) in [6.07, 6.45) is 3.93. The molecule has 1 fully saturated rings. The van der Waals surface area contributed by atoms with Crippen molar-refractivity contribution >= 4 is 17.5 Å². The van der Waals surface area contributed by atoms with Crippen LogP contribution in [0, 0.1) is 11.8 Å². The Balaban J connectivity index is 1.89. The second kappa shape index (κ2) is 8.82. The Kier molecular flexibility index (Phi) is 6.76. The Morgan fingerprint density at radius 1 is 1.23 bits per heavy atom. The fraction of sp³-hybridized carbons (Fsp3) is 0.500. The van der Waals surface area contributed by atoms with E-state index in [1.807, 2.05) is 24.3 Å². The largest absolute Gasteiger partial charge is 0.393 e. The van der Waals surface area contributed by atoms with E-state index < -0.39 is 0 Å². The van der Waals surface area contributed by atoms with Crippen LogP contribution in [0.25, 0.3) is 0 Å². The summed E-state index contributed by atoms with van der Waals surface area (Å²) in [6.45, 7) is 1.25. The van der Waals surface area contributed by atoms with Crippen molar-refractivity contribution in [2.45, 2.75) is 38.2 Å². The molecule has 1 aromatic rings. The van der Waals surface area contributed by atoms with Crippen LogP contribution in [0.1, 0.15) is 48.0 Å². The summed E-state index contributed by atoms with van der Waals surface area (Å²) < 4.78 is 0. The molecule has 0 aliphatic carbocycles. The number of unbranched alkanes of at least 4 members (excludes halogenated alkanes) is 2. The molecule has 0 aromatic heterocycles. The van der Waals surface area contributed by atoms with Crippen LogP contribution in [-0.2, 0) is 0 Å². The van der Waals surface area contributed by atoms with Crippen molar-refractivity contribution in [2.75, 3.05) is 19.0 Å². The number of aliphatic hydroxyl groups excluding tert-OH is 1. The number of benzene rings is 1. The van der Waals surface area contributed by atoms with E-state index in [2.05, 4.69) is 11.8 Å². The van der Waals surface area contributed by atoms with Gasteiger partial charge in [0, 0.05) is 36.5 Å². The van der Waals surface area contributed by atoms with Gasteiger partial charge in [0.2, 0.25) is 0 Å². The lowest BCUT2D eigenvalue weighted by Gasteiger charge is -2.29. The first-order valence-corrected chi connectivity index (χ1v) is 8.36. The molecule has 1 heterocycles. The van der Waals surface area contributed by atoms with Crippen LogP contribution in [0.5, 0.6) is 0 Å². The van der Waals surface area contributed by atoms with Crippen LogP contribution in [-0.4, -0.2) is 41.0 Å². The topological polar surface area (TPSA) is 40.5 Å². The highest BCUT2D eigenvalue weighted by molar-refractivity contribution is 6.17. The third-order valence-corrected chi connectivity index (χ3v) is 4.07. The molecule has 1 aromatic carbocycles. The van der Waals surface area contributed by atoms with Gasteiger partial charge in [-0.05, 0) is 49.9 Å². The van der Waals surface area contributed by atoms with E-state index in [9.17, 15) is 9.90 Å². The molecule has 1 aliphatic heterocycles. The molecule has 1 aliphatic rings. The highest BCUT2D eigenvalue weighted by atomic mass is 35.5. The Hall–Kier alpha value is -1.50. The average molecular weight is 320 g/mol. The molecule has 0 saturated carbocycles. The zero-order valence-corrected chi connectivity index (χ0v) is 13.5. The maximum absolute atomic E-state index is 12.3. The fourth-order valence-electron chi connectivity index (χ4n) is 2.42. The van der Waals surface area contributed by atoms with E-state index >= 15 is 0 Å². The Morgan fingerprint density at radius 2 is 1.91 bits per heavy atom. The highest BCUT2D eigenvalue weighted by Crippen LogP contribution is 2.14. The summed E-state index contributed by atoms with van der Waals surface area (Å²) in [5.41, 5.74) is 1.61. The molecule has 1 N–H and O–H groups in total. The number of amides is 1. The molecule has 22 heavy (non-hydrogen) atoms. The van der Waals surface area contributed by atoms with Gasteiger partial charge in [0.1, 0.15) is 0 Å². The van der Waals surface area contributed by atoms with Gasteiger partial charge in [0.15, 0.2) is 0 Å². The van der Waals surface area contributed by atoms with Gasteiger partial charge in [0.05, 0.1) is 6.10 Å². The van der Waals surface area contributed by atoms with Gasteiger partial charge in [-0.1, -0.05) is 11.8 Å². The molecule has 1 amide bonds. The molecular weight excluding hydrogens is 298 g/mol. The Bertz CT molecular complexity index is 536. The predicted molar refractivity (Wildman–Crippen MR) is 89.0 cm³/mol. The van der Waals surface area contributed by atoms with Crippen molar-refractivity contribution in [2.24, 2.45) is 0 Å². The number of likely N-dealkylation sites (tertiary alicyclic amines) is 1. The number of piperidine rings is 1. The summed E-state index contributed by atoms with van der Waals surface area (Å²) in [5.74, 6) is 6.95. The molecule has 0 spiro atoms. The molecule has 118 valence electrons. The summed E-state index contributed by atoms with van der Waals surface area (Å²) in [4.78, 5) is 14.2. The molecule has 4 heteroatoms. The van der Waals surface area contributed by atoms with E-state index in [1.165, 1.54) is 0 Å². The van der Waals surface area contributed by atoms with E-state index in [0.29, 0.717) is 37.4 Å². The van der Waals surface area contributed by atoms with Gasteiger partial charge in [-0.15, -0.1) is 11.6 Å². The van der Waals surface area contributed by atoms with Crippen molar-refractivity contribution < 1.29 is 9.90 Å². The first kappa shape index (κ1) is 16.9. The normalized spacial score (nSPS) is 15.3. The van der Waals surface area contributed by atoms with Crippen molar-refractivity contribution in [3.63, 3.8) is 0 Å². The minimum Gasteiger partial charge on any atom is -0.393 e. The molecule has 0 bridgehead atoms. The monoisotopic (exact) mass is 319 g/mol. The summed E-state index contributed by atoms with van der Waals surface area (Å²) in [7, 11) is 0. The number of alkyl halides is 1. The second-order valence-electron chi connectivity index (χ2n) is 5.55. The van der Waals surface area contributed by atoms with Crippen molar-refractivity contribution in [3.8, 4) is 11.8 Å². The SMILES string of the molecule is O=C(c1ccc(C#CCCCCCl)cc1)N1CCC(O)CC1. The summed E-state index contributed by atoms with van der Waals surface area (Å²) >= 11 is 5.62. The van der Waals surface area contributed by atoms with Crippen molar-refractivity contribution in [3.05, 3.63) is 35.4 Å². The molecular formula is C18H22ClNO2. The van der Waals surface area contributed by atoms with Crippen LogP contribution in [0.15, 0.2) is 24.3 Å². The van der Waals surface area contributed by atoms with Crippen LogP contribution in [0.3, 0.4) is 0 Å². The maximum Gasteiger partial charge on any atom is 0.253 e. The van der Waals surface area contributed by atoms with Gasteiger partial charge in [-0.25, -0.2) is 0 Å². The number of nitrogens with zero attached hydrogens (tertiary/aromatic N) is 1. The highest BCUT2D eigenvalue weighted by Gasteiger charge is 2.21. The van der Waals surface area contributed by atoms with Crippen LogP contribution in [0.4, 0.5) is 0 Å². The first-order valence-electron chi connectivity index (χ1n) is 7.83. The van der Waals surface area contributed by atoms with Gasteiger partial charge >= 0.3 is 0 Å². The number of rotatable bonds is 4. The van der Waals surface area contributed by atoms with Crippen molar-refractivity contribution in [1.82, 2.24) is 4.90 Å². The van der Waals surface area contributed by atoms with Gasteiger partial charge in [-0.2, -0.15) is 0 Å². The molecule has 0 atom stereocenters. The second-order valence-corrected chi connectivity index (χ2v) is 5.93. The lowest BCUT2D eigenvalue weighted by Crippen LogP contribution is -2.40. The van der Waals surface area contributed by atoms with Crippen LogP contribution in [0.2, 0.25) is 0 Å². The van der Waals surface area contributed by atoms with E-state index in [0.717, 1.165) is 24.8 Å². The number of aliphatic hydroxyl groups is 1. The van der Waals surface area contributed by atoms with Gasteiger partial charge in [0.25, 0.3) is 5.91 Å². The van der Waals surface area contributed by atoms with E-state index in [4.69, 9.17) is 11.6 Å². The maximum atomic E-state index is 12.3. The minimum absolute atomic E-state index is 0.0357. The van der Waals surface area contributed by atoms with Gasteiger partial charge in [-0.3, -0.25) is 4.79 Å². The number of hydrogen-bond donors (Lipinski definition) is 1. The molecule has 3 nitrogen and oxygen atoms in total. The van der Waals surface area contributed by atoms with Crippen molar-refractivity contribution in [1.29, 1.82) is 0 Å². The number of carbonyl (C=O) groups excluding carboxylic acids is 1. The number of hydrogen-bond acceptors (Lipinski definition) is 2. The lowest BCUT2D eigenvalue weighted by atomic mass is 10.1. The smallest absolute Gasteiger partial charge is 0.253 e. The molecule has 2 rings (SSSR count). The Labute approximate surface area is 137 Å². The lowest BCUT2D eigenvalue weighted by molar-refractivity contribution is 0.0546.